The van der Waals surface area contributed by atoms with Gasteiger partial charge in [0.05, 0.1) is 32.5 Å². The van der Waals surface area contributed by atoms with Gasteiger partial charge in [0.1, 0.15) is 0 Å². The molecule has 11 heteroatoms. The lowest BCUT2D eigenvalue weighted by Crippen LogP contribution is -2.28. The summed E-state index contributed by atoms with van der Waals surface area (Å²) in [4.78, 5) is 25.0. The molecule has 2 N–H and O–H groups in total. The molecule has 1 unspecified atom stereocenters. The molecule has 1 heterocycles. The number of benzene rings is 2. The zero-order chi connectivity index (χ0) is 24.1. The van der Waals surface area contributed by atoms with Crippen LogP contribution in [-0.2, 0) is 11.3 Å². The molecule has 0 radical (unpaired) electrons. The predicted octanol–water partition coefficient (Wildman–Crippen LogP) is 5.79. The van der Waals surface area contributed by atoms with E-state index < -0.39 is 0 Å². The minimum absolute atomic E-state index is 0.0822. The number of nitrogens with one attached hydrogen (secondary N) is 2. The van der Waals surface area contributed by atoms with E-state index in [1.165, 1.54) is 23.9 Å². The van der Waals surface area contributed by atoms with Gasteiger partial charge in [0, 0.05) is 12.1 Å². The number of thioether (sulfide) groups is 1. The van der Waals surface area contributed by atoms with Gasteiger partial charge in [-0.15, -0.1) is 10.2 Å². The fourth-order valence-corrected chi connectivity index (χ4v) is 4.41. The SMILES string of the molecule is CCn1c(SCC(=O)Nc2cc(Cl)c(Cl)cc2Cl)nnc1C(C)NC(=O)c1ccc(C)cc1. The van der Waals surface area contributed by atoms with Crippen molar-refractivity contribution in [1.29, 1.82) is 0 Å². The summed E-state index contributed by atoms with van der Waals surface area (Å²) in [5, 5.41) is 15.6. The average Bonchev–Trinajstić information content (AvgIpc) is 3.19. The number of carbonyl (C=O) groups excluding carboxylic acids is 2. The summed E-state index contributed by atoms with van der Waals surface area (Å²) in [6.07, 6.45) is 0. The topological polar surface area (TPSA) is 88.9 Å². The highest BCUT2D eigenvalue weighted by atomic mass is 35.5. The molecule has 2 aromatic carbocycles. The highest BCUT2D eigenvalue weighted by Crippen LogP contribution is 2.32. The molecule has 0 fully saturated rings. The number of halogens is 3. The van der Waals surface area contributed by atoms with Crippen LogP contribution in [0.3, 0.4) is 0 Å². The molecule has 7 nitrogen and oxygen atoms in total. The van der Waals surface area contributed by atoms with Crippen LogP contribution in [0, 0.1) is 6.92 Å². The summed E-state index contributed by atoms with van der Waals surface area (Å²) in [6, 6.07) is 9.94. The molecular weight excluding hydrogens is 505 g/mol. The van der Waals surface area contributed by atoms with Gasteiger partial charge >= 0.3 is 0 Å². The van der Waals surface area contributed by atoms with Crippen LogP contribution in [-0.4, -0.2) is 32.3 Å². The fraction of sp³-hybridized carbons (Fsp3) is 0.273. The van der Waals surface area contributed by atoms with Crippen molar-refractivity contribution in [2.75, 3.05) is 11.1 Å². The van der Waals surface area contributed by atoms with Crippen LogP contribution in [0.5, 0.6) is 0 Å². The van der Waals surface area contributed by atoms with Gasteiger partial charge in [-0.1, -0.05) is 64.3 Å². The van der Waals surface area contributed by atoms with Crippen molar-refractivity contribution in [2.45, 2.75) is 38.5 Å². The zero-order valence-electron chi connectivity index (χ0n) is 18.2. The lowest BCUT2D eigenvalue weighted by Gasteiger charge is -2.15. The van der Waals surface area contributed by atoms with Crippen LogP contribution in [0.4, 0.5) is 5.69 Å². The molecule has 1 aromatic heterocycles. The zero-order valence-corrected chi connectivity index (χ0v) is 21.2. The van der Waals surface area contributed by atoms with Gasteiger partial charge in [-0.25, -0.2) is 0 Å². The van der Waals surface area contributed by atoms with Crippen LogP contribution in [0.25, 0.3) is 0 Å². The van der Waals surface area contributed by atoms with E-state index in [0.29, 0.717) is 43.8 Å². The van der Waals surface area contributed by atoms with Crippen molar-refractivity contribution < 1.29 is 9.59 Å². The van der Waals surface area contributed by atoms with Gasteiger partial charge in [0.15, 0.2) is 11.0 Å². The molecule has 0 spiro atoms. The molecule has 0 aliphatic carbocycles. The number of amides is 2. The van der Waals surface area contributed by atoms with E-state index in [2.05, 4.69) is 20.8 Å². The Labute approximate surface area is 211 Å². The first-order valence-electron chi connectivity index (χ1n) is 10.1. The Bertz CT molecular complexity index is 1170. The van der Waals surface area contributed by atoms with Crippen molar-refractivity contribution in [3.63, 3.8) is 0 Å². The average molecular weight is 527 g/mol. The molecule has 3 aromatic rings. The summed E-state index contributed by atoms with van der Waals surface area (Å²) in [6.45, 7) is 6.33. The van der Waals surface area contributed by atoms with E-state index in [1.807, 2.05) is 37.5 Å². The van der Waals surface area contributed by atoms with Crippen molar-refractivity contribution in [2.24, 2.45) is 0 Å². The Kier molecular flexibility index (Phi) is 8.64. The molecule has 0 bridgehead atoms. The highest BCUT2D eigenvalue weighted by Gasteiger charge is 2.20. The van der Waals surface area contributed by atoms with Crippen molar-refractivity contribution >= 4 is 64.1 Å². The molecule has 2 amide bonds. The van der Waals surface area contributed by atoms with E-state index in [-0.39, 0.29) is 23.6 Å². The normalized spacial score (nSPS) is 11.8. The summed E-state index contributed by atoms with van der Waals surface area (Å²) in [5.74, 6) is 0.209. The number of hydrogen-bond acceptors (Lipinski definition) is 5. The monoisotopic (exact) mass is 525 g/mol. The van der Waals surface area contributed by atoms with Crippen LogP contribution >= 0.6 is 46.6 Å². The minimum Gasteiger partial charge on any atom is -0.342 e. The van der Waals surface area contributed by atoms with E-state index >= 15 is 0 Å². The third kappa shape index (κ3) is 6.41. The Hall–Kier alpha value is -2.26. The first kappa shape index (κ1) is 25.4. The van der Waals surface area contributed by atoms with Crippen LogP contribution in [0.1, 0.15) is 41.6 Å². The number of aromatic nitrogens is 3. The molecule has 174 valence electrons. The number of aryl methyl sites for hydroxylation is 1. The Morgan fingerprint density at radius 2 is 1.73 bits per heavy atom. The number of hydrogen-bond donors (Lipinski definition) is 2. The van der Waals surface area contributed by atoms with Gasteiger partial charge in [-0.05, 0) is 45.0 Å². The Morgan fingerprint density at radius 1 is 1.06 bits per heavy atom. The maximum absolute atomic E-state index is 12.6. The Morgan fingerprint density at radius 3 is 2.39 bits per heavy atom. The summed E-state index contributed by atoms with van der Waals surface area (Å²) < 4.78 is 1.87. The van der Waals surface area contributed by atoms with Gasteiger partial charge in [-0.2, -0.15) is 0 Å². The van der Waals surface area contributed by atoms with Crippen molar-refractivity contribution in [1.82, 2.24) is 20.1 Å². The smallest absolute Gasteiger partial charge is 0.251 e. The molecule has 0 aliphatic rings. The second-order valence-electron chi connectivity index (χ2n) is 7.23. The first-order valence-corrected chi connectivity index (χ1v) is 12.2. The minimum atomic E-state index is -0.371. The van der Waals surface area contributed by atoms with Gasteiger partial charge in [0.2, 0.25) is 5.91 Å². The maximum atomic E-state index is 12.6. The number of anilines is 1. The summed E-state index contributed by atoms with van der Waals surface area (Å²) >= 11 is 19.3. The largest absolute Gasteiger partial charge is 0.342 e. The first-order chi connectivity index (χ1) is 15.7. The van der Waals surface area contributed by atoms with E-state index in [0.717, 1.165) is 5.56 Å². The third-order valence-corrected chi connectivity index (χ3v) is 6.73. The standard InChI is InChI=1S/C22H22Cl3N5O2S/c1-4-30-20(13(3)26-21(32)14-7-5-12(2)6-8-14)28-29-22(30)33-11-19(31)27-18-10-16(24)15(23)9-17(18)25/h5-10,13H,4,11H2,1-3H3,(H,26,32)(H,27,31). The number of rotatable bonds is 8. The maximum Gasteiger partial charge on any atom is 0.251 e. The number of carbonyl (C=O) groups is 2. The van der Waals surface area contributed by atoms with Gasteiger partial charge in [-0.3, -0.25) is 9.59 Å². The van der Waals surface area contributed by atoms with Crippen LogP contribution < -0.4 is 10.6 Å². The van der Waals surface area contributed by atoms with Crippen molar-refractivity contribution in [3.8, 4) is 0 Å². The lowest BCUT2D eigenvalue weighted by molar-refractivity contribution is -0.113. The van der Waals surface area contributed by atoms with Gasteiger partial charge in [0.25, 0.3) is 5.91 Å². The molecule has 0 saturated carbocycles. The molecule has 3 rings (SSSR count). The third-order valence-electron chi connectivity index (χ3n) is 4.73. The summed E-state index contributed by atoms with van der Waals surface area (Å²) in [7, 11) is 0. The second-order valence-corrected chi connectivity index (χ2v) is 9.39. The lowest BCUT2D eigenvalue weighted by atomic mass is 10.1. The molecule has 33 heavy (non-hydrogen) atoms. The quantitative estimate of drug-likeness (QED) is 0.286. The Balaban J connectivity index is 1.64. The fourth-order valence-electron chi connectivity index (χ4n) is 3.01. The van der Waals surface area contributed by atoms with E-state index in [1.54, 1.807) is 12.1 Å². The number of nitrogens with zero attached hydrogens (tertiary/aromatic N) is 3. The van der Waals surface area contributed by atoms with Crippen LogP contribution in [0.15, 0.2) is 41.6 Å². The predicted molar refractivity (Wildman–Crippen MR) is 134 cm³/mol. The molecule has 1 atom stereocenters. The van der Waals surface area contributed by atoms with Crippen molar-refractivity contribution in [3.05, 3.63) is 68.4 Å². The van der Waals surface area contributed by atoms with E-state index in [9.17, 15) is 9.59 Å². The summed E-state index contributed by atoms with van der Waals surface area (Å²) in [5.41, 5.74) is 2.03. The molecule has 0 saturated heterocycles. The van der Waals surface area contributed by atoms with E-state index in [4.69, 9.17) is 34.8 Å². The second kappa shape index (κ2) is 11.2. The highest BCUT2D eigenvalue weighted by molar-refractivity contribution is 7.99. The van der Waals surface area contributed by atoms with Crippen LogP contribution in [0.2, 0.25) is 15.1 Å². The molecular formula is C22H22Cl3N5O2S. The van der Waals surface area contributed by atoms with Gasteiger partial charge < -0.3 is 15.2 Å². The molecule has 0 aliphatic heterocycles.